The van der Waals surface area contributed by atoms with Crippen LogP contribution in [-0.2, 0) is 0 Å². The van der Waals surface area contributed by atoms with E-state index in [1.165, 1.54) is 12.1 Å². The third-order valence-electron chi connectivity index (χ3n) is 3.68. The Labute approximate surface area is 149 Å². The smallest absolute Gasteiger partial charge is 0.271 e. The molecule has 0 atom stereocenters. The van der Waals surface area contributed by atoms with Gasteiger partial charge in [0, 0.05) is 34.6 Å². The van der Waals surface area contributed by atoms with Gasteiger partial charge in [-0.25, -0.2) is 0 Å². The molecule has 1 aromatic heterocycles. The average molecular weight is 350 g/mol. The molecule has 3 rings (SSSR count). The molecular formula is C19H12ClN3O2. The van der Waals surface area contributed by atoms with Gasteiger partial charge in [0.15, 0.2) is 0 Å². The van der Waals surface area contributed by atoms with Crippen molar-refractivity contribution >= 4 is 28.9 Å². The second-order valence-corrected chi connectivity index (χ2v) is 5.64. The number of hydrogen-bond donors (Lipinski definition) is 0. The second kappa shape index (κ2) is 7.04. The number of allylic oxidation sites excluding steroid dienone is 1. The lowest BCUT2D eigenvalue weighted by Crippen LogP contribution is -1.97. The van der Waals surface area contributed by atoms with Gasteiger partial charge in [-0.05, 0) is 30.3 Å². The Bertz CT molecular complexity index is 1020. The molecule has 0 aliphatic rings. The van der Waals surface area contributed by atoms with Gasteiger partial charge >= 0.3 is 0 Å². The molecule has 0 saturated carbocycles. The standard InChI is InChI=1S/C19H12ClN3O2/c20-19-9-2-1-8-18(19)14(13-21)11-15-7-4-10-22(15)16-5-3-6-17(12-16)23(24)25/h1-12H. The molecular weight excluding hydrogens is 338 g/mol. The Balaban J connectivity index is 2.08. The summed E-state index contributed by atoms with van der Waals surface area (Å²) in [6, 6.07) is 19.2. The zero-order valence-electron chi connectivity index (χ0n) is 13.0. The molecule has 0 aliphatic carbocycles. The van der Waals surface area contributed by atoms with E-state index in [9.17, 15) is 15.4 Å². The molecule has 5 nitrogen and oxygen atoms in total. The SMILES string of the molecule is N#CC(=Cc1cccn1-c1cccc([N+](=O)[O-])c1)c1ccccc1Cl. The van der Waals surface area contributed by atoms with E-state index in [1.54, 1.807) is 47.2 Å². The highest BCUT2D eigenvalue weighted by Gasteiger charge is 2.10. The van der Waals surface area contributed by atoms with E-state index < -0.39 is 4.92 Å². The summed E-state index contributed by atoms with van der Waals surface area (Å²) < 4.78 is 1.78. The van der Waals surface area contributed by atoms with Crippen LogP contribution in [0, 0.1) is 21.4 Å². The summed E-state index contributed by atoms with van der Waals surface area (Å²) >= 11 is 6.18. The van der Waals surface area contributed by atoms with Crippen molar-refractivity contribution in [3.8, 4) is 11.8 Å². The highest BCUT2D eigenvalue weighted by molar-refractivity contribution is 6.32. The number of hydrogen-bond acceptors (Lipinski definition) is 3. The molecule has 3 aromatic rings. The molecule has 2 aromatic carbocycles. The zero-order valence-corrected chi connectivity index (χ0v) is 13.7. The van der Waals surface area contributed by atoms with Crippen molar-refractivity contribution in [2.24, 2.45) is 0 Å². The third-order valence-corrected chi connectivity index (χ3v) is 4.01. The van der Waals surface area contributed by atoms with E-state index in [-0.39, 0.29) is 5.69 Å². The Morgan fingerprint density at radius 3 is 2.68 bits per heavy atom. The zero-order chi connectivity index (χ0) is 17.8. The maximum Gasteiger partial charge on any atom is 0.271 e. The number of benzene rings is 2. The minimum atomic E-state index is -0.438. The third kappa shape index (κ3) is 3.44. The predicted molar refractivity (Wildman–Crippen MR) is 97.4 cm³/mol. The second-order valence-electron chi connectivity index (χ2n) is 5.23. The van der Waals surface area contributed by atoms with Crippen LogP contribution in [0.2, 0.25) is 5.02 Å². The van der Waals surface area contributed by atoms with Crippen molar-refractivity contribution in [3.63, 3.8) is 0 Å². The van der Waals surface area contributed by atoms with Crippen molar-refractivity contribution < 1.29 is 4.92 Å². The van der Waals surface area contributed by atoms with Gasteiger partial charge in [0.2, 0.25) is 0 Å². The first-order valence-electron chi connectivity index (χ1n) is 7.39. The van der Waals surface area contributed by atoms with E-state index in [0.717, 1.165) is 5.69 Å². The maximum absolute atomic E-state index is 11.0. The van der Waals surface area contributed by atoms with Crippen LogP contribution in [0.4, 0.5) is 5.69 Å². The van der Waals surface area contributed by atoms with Crippen LogP contribution in [0.5, 0.6) is 0 Å². The molecule has 25 heavy (non-hydrogen) atoms. The first kappa shape index (κ1) is 16.5. The van der Waals surface area contributed by atoms with Crippen LogP contribution >= 0.6 is 11.6 Å². The van der Waals surface area contributed by atoms with Crippen LogP contribution in [-0.4, -0.2) is 9.49 Å². The maximum atomic E-state index is 11.0. The van der Waals surface area contributed by atoms with Crippen molar-refractivity contribution in [2.45, 2.75) is 0 Å². The fraction of sp³-hybridized carbons (Fsp3) is 0. The van der Waals surface area contributed by atoms with Gasteiger partial charge in [-0.1, -0.05) is 35.9 Å². The number of nitro groups is 1. The van der Waals surface area contributed by atoms with Gasteiger partial charge in [-0.2, -0.15) is 5.26 Å². The Morgan fingerprint density at radius 2 is 1.96 bits per heavy atom. The molecule has 0 unspecified atom stereocenters. The Hall–Kier alpha value is -3.36. The van der Waals surface area contributed by atoms with Crippen LogP contribution in [0.3, 0.4) is 0 Å². The summed E-state index contributed by atoms with van der Waals surface area (Å²) in [5.74, 6) is 0. The van der Waals surface area contributed by atoms with Crippen molar-refractivity contribution in [1.82, 2.24) is 4.57 Å². The van der Waals surface area contributed by atoms with Crippen LogP contribution in [0.25, 0.3) is 17.3 Å². The van der Waals surface area contributed by atoms with Crippen molar-refractivity contribution in [1.29, 1.82) is 5.26 Å². The molecule has 122 valence electrons. The monoisotopic (exact) mass is 349 g/mol. The first-order valence-corrected chi connectivity index (χ1v) is 7.77. The largest absolute Gasteiger partial charge is 0.317 e. The van der Waals surface area contributed by atoms with Crippen LogP contribution in [0.15, 0.2) is 66.9 Å². The lowest BCUT2D eigenvalue weighted by atomic mass is 10.1. The molecule has 0 saturated heterocycles. The molecule has 1 heterocycles. The summed E-state index contributed by atoms with van der Waals surface area (Å²) in [6.07, 6.45) is 3.49. The Kier molecular flexibility index (Phi) is 4.64. The van der Waals surface area contributed by atoms with E-state index >= 15 is 0 Å². The van der Waals surface area contributed by atoms with Gasteiger partial charge < -0.3 is 4.57 Å². The molecule has 0 bridgehead atoms. The summed E-state index contributed by atoms with van der Waals surface area (Å²) in [6.45, 7) is 0. The van der Waals surface area contributed by atoms with Gasteiger partial charge in [-0.15, -0.1) is 0 Å². The number of nitrogens with zero attached hydrogens (tertiary/aromatic N) is 3. The fourth-order valence-corrected chi connectivity index (χ4v) is 2.74. The number of rotatable bonds is 4. The molecule has 0 aliphatic heterocycles. The summed E-state index contributed by atoms with van der Waals surface area (Å²) in [4.78, 5) is 10.5. The molecule has 0 spiro atoms. The minimum absolute atomic E-state index is 0.00717. The first-order chi connectivity index (χ1) is 12.1. The molecule has 0 radical (unpaired) electrons. The summed E-state index contributed by atoms with van der Waals surface area (Å²) in [5, 5.41) is 21.0. The highest BCUT2D eigenvalue weighted by Crippen LogP contribution is 2.26. The van der Waals surface area contributed by atoms with E-state index in [2.05, 4.69) is 6.07 Å². The van der Waals surface area contributed by atoms with Crippen molar-refractivity contribution in [3.05, 3.63) is 93.3 Å². The summed E-state index contributed by atoms with van der Waals surface area (Å²) in [7, 11) is 0. The number of aromatic nitrogens is 1. The number of halogens is 1. The molecule has 0 N–H and O–H groups in total. The lowest BCUT2D eigenvalue weighted by Gasteiger charge is -2.08. The fourth-order valence-electron chi connectivity index (χ4n) is 2.50. The topological polar surface area (TPSA) is 71.9 Å². The highest BCUT2D eigenvalue weighted by atomic mass is 35.5. The predicted octanol–water partition coefficient (Wildman–Crippen LogP) is 5.10. The Morgan fingerprint density at radius 1 is 1.16 bits per heavy atom. The van der Waals surface area contributed by atoms with Gasteiger partial charge in [0.25, 0.3) is 5.69 Å². The summed E-state index contributed by atoms with van der Waals surface area (Å²) in [5.41, 5.74) is 2.42. The van der Waals surface area contributed by atoms with E-state index in [1.807, 2.05) is 18.2 Å². The van der Waals surface area contributed by atoms with Crippen LogP contribution in [0.1, 0.15) is 11.3 Å². The minimum Gasteiger partial charge on any atom is -0.317 e. The normalized spacial score (nSPS) is 11.1. The number of non-ortho nitro benzene ring substituents is 1. The van der Waals surface area contributed by atoms with Crippen molar-refractivity contribution in [2.75, 3.05) is 0 Å². The number of nitro benzene ring substituents is 1. The molecule has 0 fully saturated rings. The number of nitriles is 1. The lowest BCUT2D eigenvalue weighted by molar-refractivity contribution is -0.384. The van der Waals surface area contributed by atoms with Crippen LogP contribution < -0.4 is 0 Å². The molecule has 6 heteroatoms. The van der Waals surface area contributed by atoms with Gasteiger partial charge in [0.05, 0.1) is 22.3 Å². The quantitative estimate of drug-likeness (QED) is 0.373. The molecule has 0 amide bonds. The van der Waals surface area contributed by atoms with E-state index in [4.69, 9.17) is 11.6 Å². The van der Waals surface area contributed by atoms with Gasteiger partial charge in [0.1, 0.15) is 0 Å². The van der Waals surface area contributed by atoms with E-state index in [0.29, 0.717) is 21.8 Å². The average Bonchev–Trinajstić information content (AvgIpc) is 3.08. The van der Waals surface area contributed by atoms with Gasteiger partial charge in [-0.3, -0.25) is 10.1 Å².